The highest BCUT2D eigenvalue weighted by atomic mass is 35.5. The molecule has 0 aliphatic heterocycles. The Morgan fingerprint density at radius 2 is 1.71 bits per heavy atom. The maximum Gasteiger partial charge on any atom is 0.279 e. The Morgan fingerprint density at radius 1 is 1.04 bits per heavy atom. The van der Waals surface area contributed by atoms with E-state index in [9.17, 15) is 18.4 Å². The van der Waals surface area contributed by atoms with E-state index in [1.807, 2.05) is 5.43 Å². The Kier molecular flexibility index (Phi) is 5.70. The minimum absolute atomic E-state index is 0.0996. The average Bonchev–Trinajstić information content (AvgIpc) is 2.54. The van der Waals surface area contributed by atoms with Crippen molar-refractivity contribution in [3.8, 4) is 5.75 Å². The molecule has 0 bridgehead atoms. The molecule has 2 rings (SSSR count). The number of carbonyl (C=O) groups excluding carboxylic acids is 2. The summed E-state index contributed by atoms with van der Waals surface area (Å²) in [4.78, 5) is 23.7. The van der Waals surface area contributed by atoms with Crippen LogP contribution in [0.3, 0.4) is 0 Å². The molecule has 0 saturated carbocycles. The van der Waals surface area contributed by atoms with Crippen molar-refractivity contribution in [1.82, 2.24) is 10.9 Å². The number of hydrogen-bond acceptors (Lipinski definition) is 3. The van der Waals surface area contributed by atoms with Crippen molar-refractivity contribution in [2.24, 2.45) is 0 Å². The van der Waals surface area contributed by atoms with E-state index in [2.05, 4.69) is 5.43 Å². The fourth-order valence-electron chi connectivity index (χ4n) is 1.78. The van der Waals surface area contributed by atoms with Gasteiger partial charge in [-0.3, -0.25) is 20.4 Å². The van der Waals surface area contributed by atoms with Crippen LogP contribution in [0.2, 0.25) is 5.02 Å². The second-order valence-electron chi connectivity index (χ2n) is 4.73. The molecule has 126 valence electrons. The summed E-state index contributed by atoms with van der Waals surface area (Å²) >= 11 is 5.75. The molecule has 2 aromatic rings. The molecule has 0 fully saturated rings. The van der Waals surface area contributed by atoms with Gasteiger partial charge < -0.3 is 4.74 Å². The number of hydrazine groups is 1. The van der Waals surface area contributed by atoms with Gasteiger partial charge in [0.1, 0.15) is 5.82 Å². The van der Waals surface area contributed by atoms with Gasteiger partial charge in [-0.2, -0.15) is 0 Å². The molecule has 8 heteroatoms. The summed E-state index contributed by atoms with van der Waals surface area (Å²) in [5.41, 5.74) is 3.69. The standard InChI is InChI=1S/C16H13ClF2N2O3/c1-9(24-13-8-3-2-6-11(13)18)15(22)20-21-16(23)14-10(17)5-4-7-12(14)19/h2-9H,1H3,(H,20,22)(H,21,23). The predicted molar refractivity (Wildman–Crippen MR) is 83.5 cm³/mol. The van der Waals surface area contributed by atoms with E-state index < -0.39 is 35.1 Å². The first-order valence-electron chi connectivity index (χ1n) is 6.85. The summed E-state index contributed by atoms with van der Waals surface area (Å²) < 4.78 is 32.2. The lowest BCUT2D eigenvalue weighted by molar-refractivity contribution is -0.128. The van der Waals surface area contributed by atoms with Crippen LogP contribution >= 0.6 is 11.6 Å². The lowest BCUT2D eigenvalue weighted by Crippen LogP contribution is -2.47. The lowest BCUT2D eigenvalue weighted by atomic mass is 10.2. The van der Waals surface area contributed by atoms with E-state index in [0.29, 0.717) is 0 Å². The smallest absolute Gasteiger partial charge is 0.279 e. The molecule has 2 aromatic carbocycles. The third kappa shape index (κ3) is 4.20. The van der Waals surface area contributed by atoms with Crippen LogP contribution in [0, 0.1) is 11.6 Å². The summed E-state index contributed by atoms with van der Waals surface area (Å²) in [6.07, 6.45) is -1.10. The largest absolute Gasteiger partial charge is 0.478 e. The van der Waals surface area contributed by atoms with Crippen LogP contribution in [-0.2, 0) is 4.79 Å². The van der Waals surface area contributed by atoms with Gasteiger partial charge in [0.2, 0.25) is 0 Å². The van der Waals surface area contributed by atoms with Crippen LogP contribution in [0.4, 0.5) is 8.78 Å². The van der Waals surface area contributed by atoms with Crippen LogP contribution in [0.15, 0.2) is 42.5 Å². The minimum Gasteiger partial charge on any atom is -0.478 e. The number of ether oxygens (including phenoxy) is 1. The molecule has 0 saturated heterocycles. The second kappa shape index (κ2) is 7.74. The second-order valence-corrected chi connectivity index (χ2v) is 5.14. The fraction of sp³-hybridized carbons (Fsp3) is 0.125. The Balaban J connectivity index is 1.95. The first-order valence-corrected chi connectivity index (χ1v) is 7.23. The Hall–Kier alpha value is -2.67. The number of hydrogen-bond donors (Lipinski definition) is 2. The number of amides is 2. The Labute approximate surface area is 141 Å². The predicted octanol–water partition coefficient (Wildman–Crippen LogP) is 2.85. The minimum atomic E-state index is -1.10. The molecular weight excluding hydrogens is 342 g/mol. The van der Waals surface area contributed by atoms with E-state index in [1.54, 1.807) is 6.07 Å². The van der Waals surface area contributed by atoms with Gasteiger partial charge in [0.05, 0.1) is 10.6 Å². The third-order valence-corrected chi connectivity index (χ3v) is 3.31. The van der Waals surface area contributed by atoms with Crippen molar-refractivity contribution in [3.63, 3.8) is 0 Å². The molecule has 0 spiro atoms. The highest BCUT2D eigenvalue weighted by Gasteiger charge is 2.19. The van der Waals surface area contributed by atoms with Crippen molar-refractivity contribution in [2.75, 3.05) is 0 Å². The van der Waals surface area contributed by atoms with Gasteiger partial charge in [-0.1, -0.05) is 29.8 Å². The molecule has 2 amide bonds. The van der Waals surface area contributed by atoms with Crippen molar-refractivity contribution < 1.29 is 23.1 Å². The van der Waals surface area contributed by atoms with Gasteiger partial charge in [-0.05, 0) is 31.2 Å². The normalized spacial score (nSPS) is 11.5. The number of halogens is 3. The molecule has 1 atom stereocenters. The molecule has 2 N–H and O–H groups in total. The number of para-hydroxylation sites is 1. The molecule has 0 aromatic heterocycles. The van der Waals surface area contributed by atoms with Crippen LogP contribution < -0.4 is 15.6 Å². The molecule has 24 heavy (non-hydrogen) atoms. The van der Waals surface area contributed by atoms with Gasteiger partial charge in [-0.25, -0.2) is 8.78 Å². The molecule has 0 radical (unpaired) electrons. The molecule has 1 unspecified atom stereocenters. The molecule has 0 aliphatic carbocycles. The van der Waals surface area contributed by atoms with Crippen LogP contribution in [0.5, 0.6) is 5.75 Å². The molecule has 0 heterocycles. The number of nitrogens with one attached hydrogen (secondary N) is 2. The van der Waals surface area contributed by atoms with Gasteiger partial charge in [-0.15, -0.1) is 0 Å². The van der Waals surface area contributed by atoms with Gasteiger partial charge in [0.15, 0.2) is 17.7 Å². The average molecular weight is 355 g/mol. The summed E-state index contributed by atoms with van der Waals surface area (Å²) in [5, 5.41) is -0.0996. The van der Waals surface area contributed by atoms with Crippen molar-refractivity contribution >= 4 is 23.4 Å². The number of benzene rings is 2. The highest BCUT2D eigenvalue weighted by molar-refractivity contribution is 6.33. The maximum atomic E-state index is 13.6. The monoisotopic (exact) mass is 354 g/mol. The zero-order chi connectivity index (χ0) is 17.7. The van der Waals surface area contributed by atoms with Gasteiger partial charge in [0.25, 0.3) is 11.8 Å². The molecule has 0 aliphatic rings. The molecule has 5 nitrogen and oxygen atoms in total. The van der Waals surface area contributed by atoms with E-state index >= 15 is 0 Å². The highest BCUT2D eigenvalue weighted by Crippen LogP contribution is 2.19. The van der Waals surface area contributed by atoms with Crippen molar-refractivity contribution in [2.45, 2.75) is 13.0 Å². The topological polar surface area (TPSA) is 67.4 Å². The van der Waals surface area contributed by atoms with Crippen LogP contribution in [0.25, 0.3) is 0 Å². The summed E-state index contributed by atoms with van der Waals surface area (Å²) in [7, 11) is 0. The van der Waals surface area contributed by atoms with E-state index in [1.165, 1.54) is 37.3 Å². The zero-order valence-electron chi connectivity index (χ0n) is 12.5. The maximum absolute atomic E-state index is 13.6. The van der Waals surface area contributed by atoms with E-state index in [0.717, 1.165) is 6.07 Å². The number of rotatable bonds is 4. The van der Waals surface area contributed by atoms with E-state index in [-0.39, 0.29) is 10.8 Å². The van der Waals surface area contributed by atoms with E-state index in [4.69, 9.17) is 16.3 Å². The van der Waals surface area contributed by atoms with Gasteiger partial charge in [0, 0.05) is 0 Å². The molecular formula is C16H13ClF2N2O3. The summed E-state index contributed by atoms with van der Waals surface area (Å²) in [5.74, 6) is -3.24. The SMILES string of the molecule is CC(Oc1ccccc1F)C(=O)NNC(=O)c1c(F)cccc1Cl. The fourth-order valence-corrected chi connectivity index (χ4v) is 2.03. The first-order chi connectivity index (χ1) is 11.4. The van der Waals surface area contributed by atoms with Crippen molar-refractivity contribution in [1.29, 1.82) is 0 Å². The third-order valence-electron chi connectivity index (χ3n) is 3.00. The first kappa shape index (κ1) is 17.7. The Morgan fingerprint density at radius 3 is 2.38 bits per heavy atom. The number of carbonyl (C=O) groups is 2. The lowest BCUT2D eigenvalue weighted by Gasteiger charge is -2.15. The quantitative estimate of drug-likeness (QED) is 0.830. The summed E-state index contributed by atoms with van der Waals surface area (Å²) in [6.45, 7) is 1.37. The summed E-state index contributed by atoms with van der Waals surface area (Å²) in [6, 6.07) is 9.31. The van der Waals surface area contributed by atoms with Crippen LogP contribution in [0.1, 0.15) is 17.3 Å². The Bertz CT molecular complexity index is 750. The van der Waals surface area contributed by atoms with Crippen LogP contribution in [-0.4, -0.2) is 17.9 Å². The zero-order valence-corrected chi connectivity index (χ0v) is 13.2. The van der Waals surface area contributed by atoms with Crippen molar-refractivity contribution in [3.05, 3.63) is 64.7 Å². The van der Waals surface area contributed by atoms with Gasteiger partial charge >= 0.3 is 0 Å².